The largest absolute Gasteiger partial charge is 0.355 e. The molecule has 1 amide bonds. The van der Waals surface area contributed by atoms with Gasteiger partial charge in [0.2, 0.25) is 0 Å². The van der Waals surface area contributed by atoms with E-state index in [1.807, 2.05) is 37.3 Å². The zero-order chi connectivity index (χ0) is 22.0. The maximum atomic E-state index is 13.4. The van der Waals surface area contributed by atoms with E-state index < -0.39 is 0 Å². The standard InChI is InChI=1S/C25H23N3O3/c1-17-7-9-18(10-8-17)15-27-22-6-4-3-5-21(22)24(30)28(25(27)31)16-19-11-13-20(14-12-19)23(29)26-2/h3-14H,15-16H2,1-2H3,(H,26,29). The zero-order valence-electron chi connectivity index (χ0n) is 17.5. The van der Waals surface area contributed by atoms with Crippen molar-refractivity contribution in [3.63, 3.8) is 0 Å². The number of nitrogens with zero attached hydrogens (tertiary/aromatic N) is 2. The quantitative estimate of drug-likeness (QED) is 0.547. The van der Waals surface area contributed by atoms with Gasteiger partial charge >= 0.3 is 5.69 Å². The number of benzene rings is 3. The fourth-order valence-corrected chi connectivity index (χ4v) is 3.63. The highest BCUT2D eigenvalue weighted by Crippen LogP contribution is 2.12. The van der Waals surface area contributed by atoms with Gasteiger partial charge in [-0.05, 0) is 42.3 Å². The number of hydrogen-bond acceptors (Lipinski definition) is 3. The van der Waals surface area contributed by atoms with E-state index in [0.717, 1.165) is 16.7 Å². The SMILES string of the molecule is CNC(=O)c1ccc(Cn2c(=O)c3ccccc3n(Cc3ccc(C)cc3)c2=O)cc1. The molecule has 0 unspecified atom stereocenters. The predicted octanol–water partition coefficient (Wildman–Crippen LogP) is 2.93. The summed E-state index contributed by atoms with van der Waals surface area (Å²) in [5, 5.41) is 3.07. The van der Waals surface area contributed by atoms with Crippen molar-refractivity contribution in [2.75, 3.05) is 7.05 Å². The Morgan fingerprint density at radius 3 is 2.03 bits per heavy atom. The van der Waals surface area contributed by atoms with Gasteiger partial charge in [0.15, 0.2) is 0 Å². The number of nitrogens with one attached hydrogen (secondary N) is 1. The number of aryl methyl sites for hydroxylation is 1. The molecular weight excluding hydrogens is 390 g/mol. The minimum absolute atomic E-state index is 0.129. The molecule has 1 heterocycles. The minimum Gasteiger partial charge on any atom is -0.355 e. The van der Waals surface area contributed by atoms with Gasteiger partial charge in [-0.15, -0.1) is 0 Å². The Hall–Kier alpha value is -3.93. The van der Waals surface area contributed by atoms with E-state index in [1.54, 1.807) is 54.1 Å². The number of carbonyl (C=O) groups excluding carboxylic acids is 1. The molecule has 1 N–H and O–H groups in total. The molecule has 0 aliphatic heterocycles. The van der Waals surface area contributed by atoms with Crippen molar-refractivity contribution in [3.05, 3.63) is 116 Å². The molecule has 0 saturated heterocycles. The van der Waals surface area contributed by atoms with Gasteiger partial charge in [-0.3, -0.25) is 18.7 Å². The van der Waals surface area contributed by atoms with Crippen LogP contribution in [-0.2, 0) is 13.1 Å². The predicted molar refractivity (Wildman–Crippen MR) is 122 cm³/mol. The maximum Gasteiger partial charge on any atom is 0.332 e. The highest BCUT2D eigenvalue weighted by Gasteiger charge is 2.14. The van der Waals surface area contributed by atoms with Crippen LogP contribution in [0.2, 0.25) is 0 Å². The number of hydrogen-bond donors (Lipinski definition) is 1. The van der Waals surface area contributed by atoms with Gasteiger partial charge in [0, 0.05) is 12.6 Å². The molecule has 0 atom stereocenters. The van der Waals surface area contributed by atoms with Crippen molar-refractivity contribution in [2.24, 2.45) is 0 Å². The fraction of sp³-hybridized carbons (Fsp3) is 0.160. The molecule has 0 aliphatic carbocycles. The third kappa shape index (κ3) is 4.05. The molecule has 31 heavy (non-hydrogen) atoms. The number of rotatable bonds is 5. The molecule has 1 aromatic heterocycles. The smallest absolute Gasteiger partial charge is 0.332 e. The molecule has 3 aromatic carbocycles. The topological polar surface area (TPSA) is 73.1 Å². The fourth-order valence-electron chi connectivity index (χ4n) is 3.63. The molecular formula is C25H23N3O3. The van der Waals surface area contributed by atoms with Crippen LogP contribution in [0.4, 0.5) is 0 Å². The summed E-state index contributed by atoms with van der Waals surface area (Å²) in [5.74, 6) is -0.185. The summed E-state index contributed by atoms with van der Waals surface area (Å²) in [6.45, 7) is 2.51. The molecule has 156 valence electrons. The third-order valence-corrected chi connectivity index (χ3v) is 5.38. The molecule has 0 fully saturated rings. The Labute approximate surface area is 179 Å². The van der Waals surface area contributed by atoms with Gasteiger partial charge in [-0.1, -0.05) is 54.1 Å². The van der Waals surface area contributed by atoms with Crippen LogP contribution < -0.4 is 16.6 Å². The summed E-state index contributed by atoms with van der Waals surface area (Å²) >= 11 is 0. The van der Waals surface area contributed by atoms with Crippen LogP contribution >= 0.6 is 0 Å². The zero-order valence-corrected chi connectivity index (χ0v) is 17.5. The van der Waals surface area contributed by atoms with Crippen molar-refractivity contribution in [3.8, 4) is 0 Å². The van der Waals surface area contributed by atoms with E-state index in [4.69, 9.17) is 0 Å². The second-order valence-corrected chi connectivity index (χ2v) is 7.54. The lowest BCUT2D eigenvalue weighted by molar-refractivity contribution is 0.0963. The van der Waals surface area contributed by atoms with Gasteiger partial charge in [0.25, 0.3) is 11.5 Å². The Kier molecular flexibility index (Phi) is 5.54. The lowest BCUT2D eigenvalue weighted by Gasteiger charge is -2.14. The van der Waals surface area contributed by atoms with E-state index in [-0.39, 0.29) is 23.7 Å². The molecule has 0 bridgehead atoms. The molecule has 6 nitrogen and oxygen atoms in total. The van der Waals surface area contributed by atoms with Gasteiger partial charge in [0.1, 0.15) is 0 Å². The Bertz CT molecular complexity index is 1360. The Morgan fingerprint density at radius 1 is 0.806 bits per heavy atom. The average molecular weight is 413 g/mol. The van der Waals surface area contributed by atoms with Crippen molar-refractivity contribution >= 4 is 16.8 Å². The summed E-state index contributed by atoms with van der Waals surface area (Å²) in [6.07, 6.45) is 0. The third-order valence-electron chi connectivity index (χ3n) is 5.38. The van der Waals surface area contributed by atoms with Crippen molar-refractivity contribution in [2.45, 2.75) is 20.0 Å². The normalized spacial score (nSPS) is 10.9. The Balaban J connectivity index is 1.80. The highest BCUT2D eigenvalue weighted by molar-refractivity contribution is 5.93. The van der Waals surface area contributed by atoms with Crippen LogP contribution in [0.25, 0.3) is 10.9 Å². The van der Waals surface area contributed by atoms with Crippen molar-refractivity contribution in [1.82, 2.24) is 14.5 Å². The lowest BCUT2D eigenvalue weighted by Crippen LogP contribution is -2.40. The first-order valence-corrected chi connectivity index (χ1v) is 10.1. The van der Waals surface area contributed by atoms with Crippen LogP contribution in [0.3, 0.4) is 0 Å². The number of aromatic nitrogens is 2. The molecule has 4 aromatic rings. The monoisotopic (exact) mass is 413 g/mol. The number of para-hydroxylation sites is 1. The number of fused-ring (bicyclic) bond motifs is 1. The minimum atomic E-state index is -0.361. The summed E-state index contributed by atoms with van der Waals surface area (Å²) in [6, 6.07) is 22.1. The Morgan fingerprint density at radius 2 is 1.39 bits per heavy atom. The van der Waals surface area contributed by atoms with Crippen LogP contribution in [0.5, 0.6) is 0 Å². The summed E-state index contributed by atoms with van der Waals surface area (Å²) in [7, 11) is 1.57. The number of carbonyl (C=O) groups is 1. The average Bonchev–Trinajstić information content (AvgIpc) is 2.80. The van der Waals surface area contributed by atoms with Crippen LogP contribution in [0.1, 0.15) is 27.0 Å². The molecule has 0 spiro atoms. The van der Waals surface area contributed by atoms with Gasteiger partial charge < -0.3 is 5.32 Å². The maximum absolute atomic E-state index is 13.4. The van der Waals surface area contributed by atoms with Gasteiger partial charge in [-0.25, -0.2) is 4.79 Å². The van der Waals surface area contributed by atoms with E-state index >= 15 is 0 Å². The number of amides is 1. The van der Waals surface area contributed by atoms with Crippen LogP contribution in [-0.4, -0.2) is 22.1 Å². The molecule has 0 radical (unpaired) electrons. The van der Waals surface area contributed by atoms with E-state index in [0.29, 0.717) is 23.0 Å². The van der Waals surface area contributed by atoms with Crippen LogP contribution in [0, 0.1) is 6.92 Å². The molecule has 0 aliphatic rings. The lowest BCUT2D eigenvalue weighted by atomic mass is 10.1. The highest BCUT2D eigenvalue weighted by atomic mass is 16.2. The second-order valence-electron chi connectivity index (χ2n) is 7.54. The van der Waals surface area contributed by atoms with Gasteiger partial charge in [0.05, 0.1) is 24.0 Å². The molecule has 4 rings (SSSR count). The van der Waals surface area contributed by atoms with Crippen molar-refractivity contribution < 1.29 is 4.79 Å². The first-order valence-electron chi connectivity index (χ1n) is 10.1. The summed E-state index contributed by atoms with van der Waals surface area (Å²) < 4.78 is 2.89. The van der Waals surface area contributed by atoms with E-state index in [2.05, 4.69) is 5.32 Å². The van der Waals surface area contributed by atoms with Crippen LogP contribution in [0.15, 0.2) is 82.4 Å². The molecule has 6 heteroatoms. The van der Waals surface area contributed by atoms with E-state index in [9.17, 15) is 14.4 Å². The first-order chi connectivity index (χ1) is 15.0. The molecule has 0 saturated carbocycles. The summed E-state index contributed by atoms with van der Waals surface area (Å²) in [4.78, 5) is 38.2. The van der Waals surface area contributed by atoms with Crippen molar-refractivity contribution in [1.29, 1.82) is 0 Å². The second kappa shape index (κ2) is 8.44. The summed E-state index contributed by atoms with van der Waals surface area (Å²) in [5.41, 5.74) is 3.35. The van der Waals surface area contributed by atoms with Gasteiger partial charge in [-0.2, -0.15) is 0 Å². The first kappa shape index (κ1) is 20.3. The van der Waals surface area contributed by atoms with E-state index in [1.165, 1.54) is 4.57 Å².